The summed E-state index contributed by atoms with van der Waals surface area (Å²) >= 11 is 0. The highest BCUT2D eigenvalue weighted by Crippen LogP contribution is 2.59. The Bertz CT molecular complexity index is 665. The van der Waals surface area contributed by atoms with E-state index < -0.39 is 0 Å². The molecule has 4 aliphatic carbocycles. The molecule has 0 saturated heterocycles. The molecule has 0 aromatic heterocycles. The van der Waals surface area contributed by atoms with Crippen molar-refractivity contribution in [3.63, 3.8) is 0 Å². The van der Waals surface area contributed by atoms with Gasteiger partial charge in [0, 0.05) is 25.2 Å². The minimum absolute atomic E-state index is 0.00981. The van der Waals surface area contributed by atoms with Gasteiger partial charge in [-0.05, 0) is 73.8 Å². The molecular weight excluding hydrogens is 328 g/mol. The van der Waals surface area contributed by atoms with Gasteiger partial charge in [-0.2, -0.15) is 0 Å². The monoisotopic (exact) mass is 356 g/mol. The highest BCUT2D eigenvalue weighted by atomic mass is 16.5. The van der Waals surface area contributed by atoms with Gasteiger partial charge >= 0.3 is 0 Å². The second-order valence-corrected chi connectivity index (χ2v) is 8.69. The van der Waals surface area contributed by atoms with Gasteiger partial charge in [-0.3, -0.25) is 9.59 Å². The summed E-state index contributed by atoms with van der Waals surface area (Å²) < 4.78 is 5.60. The predicted molar refractivity (Wildman–Crippen MR) is 99.9 cm³/mol. The van der Waals surface area contributed by atoms with E-state index >= 15 is 0 Å². The molecule has 4 bridgehead atoms. The lowest BCUT2D eigenvalue weighted by Crippen LogP contribution is -2.51. The van der Waals surface area contributed by atoms with E-state index in [9.17, 15) is 9.59 Å². The summed E-state index contributed by atoms with van der Waals surface area (Å²) in [6.45, 7) is 2.27. The molecule has 140 valence electrons. The number of benzene rings is 1. The molecular formula is C21H28N2O3. The maximum absolute atomic E-state index is 12.3. The molecule has 1 aromatic carbocycles. The standard InChI is InChI=1S/C21H28N2O3/c1-14(24)23-18-3-2-4-19(8-18)26-12-20(25)22-13-21-9-15-5-16(10-21)7-17(6-15)11-21/h2-4,8,15-17H,5-7,9-13H2,1H3,(H,22,25)(H,23,24). The van der Waals surface area contributed by atoms with E-state index in [-0.39, 0.29) is 18.4 Å². The maximum Gasteiger partial charge on any atom is 0.257 e. The summed E-state index contributed by atoms with van der Waals surface area (Å²) in [5.74, 6) is 3.07. The first-order chi connectivity index (χ1) is 12.5. The Kier molecular flexibility index (Phi) is 4.63. The summed E-state index contributed by atoms with van der Waals surface area (Å²) in [6, 6.07) is 7.11. The average Bonchev–Trinajstić information content (AvgIpc) is 2.57. The summed E-state index contributed by atoms with van der Waals surface area (Å²) in [6.07, 6.45) is 8.12. The quantitative estimate of drug-likeness (QED) is 0.821. The van der Waals surface area contributed by atoms with Gasteiger partial charge in [-0.25, -0.2) is 0 Å². The third kappa shape index (κ3) is 3.87. The molecule has 1 aromatic rings. The molecule has 2 amide bonds. The molecule has 0 radical (unpaired) electrons. The van der Waals surface area contributed by atoms with Crippen LogP contribution in [0.15, 0.2) is 24.3 Å². The van der Waals surface area contributed by atoms with Crippen LogP contribution in [-0.4, -0.2) is 25.0 Å². The van der Waals surface area contributed by atoms with Crippen molar-refractivity contribution in [2.75, 3.05) is 18.5 Å². The van der Waals surface area contributed by atoms with Gasteiger partial charge in [0.15, 0.2) is 6.61 Å². The number of carbonyl (C=O) groups is 2. The van der Waals surface area contributed by atoms with E-state index in [1.165, 1.54) is 45.4 Å². The molecule has 0 unspecified atom stereocenters. The molecule has 26 heavy (non-hydrogen) atoms. The van der Waals surface area contributed by atoms with Crippen LogP contribution in [0.4, 0.5) is 5.69 Å². The van der Waals surface area contributed by atoms with Gasteiger partial charge in [-0.15, -0.1) is 0 Å². The van der Waals surface area contributed by atoms with Crippen LogP contribution in [0.2, 0.25) is 0 Å². The summed E-state index contributed by atoms with van der Waals surface area (Å²) in [7, 11) is 0. The largest absolute Gasteiger partial charge is 0.484 e. The van der Waals surface area contributed by atoms with Gasteiger partial charge in [0.05, 0.1) is 0 Å². The van der Waals surface area contributed by atoms with Gasteiger partial charge < -0.3 is 15.4 Å². The zero-order valence-electron chi connectivity index (χ0n) is 15.4. The van der Waals surface area contributed by atoms with Crippen LogP contribution in [0.5, 0.6) is 5.75 Å². The van der Waals surface area contributed by atoms with Crippen molar-refractivity contribution in [2.45, 2.75) is 45.4 Å². The molecule has 0 spiro atoms. The van der Waals surface area contributed by atoms with Crippen LogP contribution in [-0.2, 0) is 9.59 Å². The number of nitrogens with one attached hydrogen (secondary N) is 2. The lowest BCUT2D eigenvalue weighted by molar-refractivity contribution is -0.125. The van der Waals surface area contributed by atoms with E-state index in [0.717, 1.165) is 24.3 Å². The number of rotatable bonds is 6. The Morgan fingerprint density at radius 1 is 1.12 bits per heavy atom. The molecule has 0 heterocycles. The topological polar surface area (TPSA) is 67.4 Å². The first-order valence-electron chi connectivity index (χ1n) is 9.77. The highest BCUT2D eigenvalue weighted by molar-refractivity contribution is 5.88. The maximum atomic E-state index is 12.3. The van der Waals surface area contributed by atoms with Crippen molar-refractivity contribution in [3.05, 3.63) is 24.3 Å². The third-order valence-electron chi connectivity index (χ3n) is 6.35. The number of amides is 2. The van der Waals surface area contributed by atoms with Gasteiger partial charge in [0.2, 0.25) is 5.91 Å². The number of hydrogen-bond acceptors (Lipinski definition) is 3. The number of anilines is 1. The van der Waals surface area contributed by atoms with Crippen LogP contribution in [0.25, 0.3) is 0 Å². The Balaban J connectivity index is 1.27. The fourth-order valence-electron chi connectivity index (χ4n) is 5.86. The Morgan fingerprint density at radius 2 is 1.77 bits per heavy atom. The van der Waals surface area contributed by atoms with Crippen LogP contribution in [0, 0.1) is 23.2 Å². The molecule has 4 saturated carbocycles. The average molecular weight is 356 g/mol. The van der Waals surface area contributed by atoms with Crippen molar-refractivity contribution in [2.24, 2.45) is 23.2 Å². The fourth-order valence-corrected chi connectivity index (χ4v) is 5.86. The van der Waals surface area contributed by atoms with Gasteiger partial charge in [0.25, 0.3) is 5.91 Å². The molecule has 0 aliphatic heterocycles. The molecule has 5 rings (SSSR count). The van der Waals surface area contributed by atoms with Crippen molar-refractivity contribution in [1.82, 2.24) is 5.32 Å². The van der Waals surface area contributed by atoms with Crippen LogP contribution in [0.1, 0.15) is 45.4 Å². The molecule has 0 atom stereocenters. The van der Waals surface area contributed by atoms with Crippen molar-refractivity contribution >= 4 is 17.5 Å². The Morgan fingerprint density at radius 3 is 2.38 bits per heavy atom. The Hall–Kier alpha value is -2.04. The minimum atomic E-state index is -0.129. The lowest BCUT2D eigenvalue weighted by atomic mass is 9.49. The van der Waals surface area contributed by atoms with Crippen molar-refractivity contribution in [1.29, 1.82) is 0 Å². The zero-order chi connectivity index (χ0) is 18.1. The van der Waals surface area contributed by atoms with Crippen molar-refractivity contribution in [3.8, 4) is 5.75 Å². The first kappa shape index (κ1) is 17.4. The van der Waals surface area contributed by atoms with Gasteiger partial charge in [-0.1, -0.05) is 6.07 Å². The third-order valence-corrected chi connectivity index (χ3v) is 6.35. The van der Waals surface area contributed by atoms with E-state index in [1.54, 1.807) is 24.3 Å². The molecule has 4 aliphatic rings. The SMILES string of the molecule is CC(=O)Nc1cccc(OCC(=O)NCC23CC4CC(CC(C4)C2)C3)c1. The highest BCUT2D eigenvalue weighted by Gasteiger charge is 2.50. The fraction of sp³-hybridized carbons (Fsp3) is 0.619. The van der Waals surface area contributed by atoms with Crippen molar-refractivity contribution < 1.29 is 14.3 Å². The molecule has 5 heteroatoms. The van der Waals surface area contributed by atoms with E-state index in [2.05, 4.69) is 10.6 Å². The predicted octanol–water partition coefficient (Wildman–Crippen LogP) is 3.36. The number of hydrogen-bond donors (Lipinski definition) is 2. The first-order valence-corrected chi connectivity index (χ1v) is 9.77. The summed E-state index contributed by atoms with van der Waals surface area (Å²) in [5.41, 5.74) is 1.01. The summed E-state index contributed by atoms with van der Waals surface area (Å²) in [4.78, 5) is 23.4. The zero-order valence-corrected chi connectivity index (χ0v) is 15.4. The molecule has 2 N–H and O–H groups in total. The van der Waals surface area contributed by atoms with Crippen LogP contribution in [0.3, 0.4) is 0 Å². The van der Waals surface area contributed by atoms with E-state index in [1.807, 2.05) is 0 Å². The van der Waals surface area contributed by atoms with Crippen LogP contribution >= 0.6 is 0 Å². The smallest absolute Gasteiger partial charge is 0.257 e. The second-order valence-electron chi connectivity index (χ2n) is 8.69. The van der Waals surface area contributed by atoms with Gasteiger partial charge in [0.1, 0.15) is 5.75 Å². The summed E-state index contributed by atoms with van der Waals surface area (Å²) in [5, 5.41) is 5.84. The minimum Gasteiger partial charge on any atom is -0.484 e. The number of ether oxygens (including phenoxy) is 1. The molecule has 5 nitrogen and oxygen atoms in total. The normalized spacial score (nSPS) is 31.5. The Labute approximate surface area is 154 Å². The van der Waals surface area contributed by atoms with E-state index in [4.69, 9.17) is 4.74 Å². The van der Waals surface area contributed by atoms with Crippen LogP contribution < -0.4 is 15.4 Å². The molecule has 4 fully saturated rings. The second kappa shape index (κ2) is 6.93. The number of carbonyl (C=O) groups excluding carboxylic acids is 2. The van der Waals surface area contributed by atoms with E-state index in [0.29, 0.717) is 16.9 Å². The lowest BCUT2D eigenvalue weighted by Gasteiger charge is -2.56.